The van der Waals surface area contributed by atoms with Gasteiger partial charge in [-0.3, -0.25) is 9.89 Å². The number of carbonyl (C=O) groups excluding carboxylic acids is 1. The number of aromatic amines is 1. The van der Waals surface area contributed by atoms with Gasteiger partial charge in [-0.1, -0.05) is 12.1 Å². The Kier molecular flexibility index (Phi) is 8.25. The molecule has 1 aliphatic heterocycles. The molecule has 5 nitrogen and oxygen atoms in total. The third-order valence-electron chi connectivity index (χ3n) is 5.05. The third kappa shape index (κ3) is 6.33. The number of amides is 1. The fraction of sp³-hybridized carbons (Fsp3) is 0.500. The minimum atomic E-state index is -0.263. The van der Waals surface area contributed by atoms with E-state index in [1.165, 1.54) is 18.6 Å². The highest BCUT2D eigenvalue weighted by molar-refractivity contribution is 5.85. The lowest BCUT2D eigenvalue weighted by atomic mass is 10.0. The average molecular weight is 395 g/mol. The Hall–Kier alpha value is -1.92. The molecule has 2 aromatic rings. The summed E-state index contributed by atoms with van der Waals surface area (Å²) in [5.74, 6) is 0.612. The molecule has 0 bridgehead atoms. The Morgan fingerprint density at radius 3 is 2.96 bits per heavy atom. The molecule has 1 fully saturated rings. The molecule has 1 aliphatic rings. The molecule has 1 aromatic carbocycles. The van der Waals surface area contributed by atoms with Gasteiger partial charge in [0.15, 0.2) is 0 Å². The van der Waals surface area contributed by atoms with Gasteiger partial charge in [-0.15, -0.1) is 12.4 Å². The number of H-pyrrole nitrogens is 1. The highest BCUT2D eigenvalue weighted by Crippen LogP contribution is 2.19. The molecular formula is C20H28ClFN4O. The maximum atomic E-state index is 13.3. The van der Waals surface area contributed by atoms with E-state index in [4.69, 9.17) is 0 Å². The lowest BCUT2D eigenvalue weighted by Gasteiger charge is -2.18. The lowest BCUT2D eigenvalue weighted by molar-refractivity contribution is -0.130. The van der Waals surface area contributed by atoms with E-state index in [9.17, 15) is 9.18 Å². The zero-order valence-corrected chi connectivity index (χ0v) is 16.5. The molecule has 2 N–H and O–H groups in total. The van der Waals surface area contributed by atoms with E-state index in [1.54, 1.807) is 6.07 Å². The van der Waals surface area contributed by atoms with Gasteiger partial charge < -0.3 is 10.2 Å². The topological polar surface area (TPSA) is 61.0 Å². The first-order valence-electron chi connectivity index (χ1n) is 9.37. The van der Waals surface area contributed by atoms with Gasteiger partial charge in [0.2, 0.25) is 5.91 Å². The maximum absolute atomic E-state index is 13.3. The predicted octanol–water partition coefficient (Wildman–Crippen LogP) is 3.42. The number of halogens is 2. The minimum absolute atomic E-state index is 0. The van der Waals surface area contributed by atoms with Crippen molar-refractivity contribution in [3.05, 3.63) is 41.8 Å². The Bertz CT molecular complexity index is 730. The van der Waals surface area contributed by atoms with Crippen molar-refractivity contribution in [3.63, 3.8) is 0 Å². The van der Waals surface area contributed by atoms with Crippen molar-refractivity contribution in [2.24, 2.45) is 5.92 Å². The van der Waals surface area contributed by atoms with E-state index in [1.807, 2.05) is 24.1 Å². The predicted molar refractivity (Wildman–Crippen MR) is 107 cm³/mol. The van der Waals surface area contributed by atoms with Crippen molar-refractivity contribution in [3.8, 4) is 11.3 Å². The standard InChI is InChI=1S/C20H27FN4O.ClH/c1-25(20(26)8-7-15-9-10-22-14-15)11-3-6-18-13-19(24-23-18)16-4-2-5-17(21)12-16;/h2,4-5,12-13,15,22H,3,6-11,14H2,1H3,(H,23,24);1H. The zero-order chi connectivity index (χ0) is 18.4. The van der Waals surface area contributed by atoms with Crippen LogP contribution in [0.2, 0.25) is 0 Å². The summed E-state index contributed by atoms with van der Waals surface area (Å²) >= 11 is 0. The summed E-state index contributed by atoms with van der Waals surface area (Å²) < 4.78 is 13.3. The SMILES string of the molecule is CN(CCCc1cc(-c2cccc(F)c2)n[nH]1)C(=O)CCC1CCNC1.Cl. The summed E-state index contributed by atoms with van der Waals surface area (Å²) in [6.07, 6.45) is 4.49. The van der Waals surface area contributed by atoms with Crippen molar-refractivity contribution < 1.29 is 9.18 Å². The minimum Gasteiger partial charge on any atom is -0.346 e. The number of aryl methyl sites for hydroxylation is 1. The van der Waals surface area contributed by atoms with Crippen LogP contribution < -0.4 is 5.32 Å². The number of aromatic nitrogens is 2. The second-order valence-electron chi connectivity index (χ2n) is 7.11. The molecule has 1 atom stereocenters. The zero-order valence-electron chi connectivity index (χ0n) is 15.7. The fourth-order valence-electron chi connectivity index (χ4n) is 3.40. The van der Waals surface area contributed by atoms with Crippen LogP contribution >= 0.6 is 12.4 Å². The van der Waals surface area contributed by atoms with Crippen LogP contribution in [-0.2, 0) is 11.2 Å². The number of nitrogens with one attached hydrogen (secondary N) is 2. The van der Waals surface area contributed by atoms with Gasteiger partial charge in [-0.25, -0.2) is 4.39 Å². The first-order valence-corrected chi connectivity index (χ1v) is 9.37. The van der Waals surface area contributed by atoms with Gasteiger partial charge in [0.1, 0.15) is 5.82 Å². The normalized spacial score (nSPS) is 16.1. The molecule has 7 heteroatoms. The summed E-state index contributed by atoms with van der Waals surface area (Å²) in [5, 5.41) is 10.6. The molecule has 3 rings (SSSR count). The van der Waals surface area contributed by atoms with E-state index in [0.717, 1.165) is 55.8 Å². The smallest absolute Gasteiger partial charge is 0.222 e. The maximum Gasteiger partial charge on any atom is 0.222 e. The number of nitrogens with zero attached hydrogens (tertiary/aromatic N) is 2. The first kappa shape index (κ1) is 21.4. The van der Waals surface area contributed by atoms with Crippen molar-refractivity contribution in [1.29, 1.82) is 0 Å². The van der Waals surface area contributed by atoms with Crippen LogP contribution in [0, 0.1) is 11.7 Å². The van der Waals surface area contributed by atoms with Gasteiger partial charge in [0.05, 0.1) is 5.69 Å². The Balaban J connectivity index is 0.00000261. The quantitative estimate of drug-likeness (QED) is 0.721. The van der Waals surface area contributed by atoms with Gasteiger partial charge in [0.25, 0.3) is 0 Å². The molecule has 1 aromatic heterocycles. The van der Waals surface area contributed by atoms with E-state index in [2.05, 4.69) is 15.5 Å². The molecule has 2 heterocycles. The molecule has 148 valence electrons. The summed E-state index contributed by atoms with van der Waals surface area (Å²) in [4.78, 5) is 14.0. The molecule has 0 radical (unpaired) electrons. The number of carbonyl (C=O) groups is 1. The molecule has 0 saturated carbocycles. The van der Waals surface area contributed by atoms with Crippen LogP contribution in [0.5, 0.6) is 0 Å². The van der Waals surface area contributed by atoms with Crippen LogP contribution in [-0.4, -0.2) is 47.7 Å². The van der Waals surface area contributed by atoms with Crippen molar-refractivity contribution in [2.45, 2.75) is 32.1 Å². The van der Waals surface area contributed by atoms with Crippen LogP contribution in [0.3, 0.4) is 0 Å². The van der Waals surface area contributed by atoms with Crippen LogP contribution in [0.25, 0.3) is 11.3 Å². The highest BCUT2D eigenvalue weighted by atomic mass is 35.5. The number of hydrogen-bond donors (Lipinski definition) is 2. The first-order chi connectivity index (χ1) is 12.6. The van der Waals surface area contributed by atoms with Crippen molar-refractivity contribution in [2.75, 3.05) is 26.7 Å². The van der Waals surface area contributed by atoms with Gasteiger partial charge in [-0.2, -0.15) is 5.10 Å². The summed E-state index contributed by atoms with van der Waals surface area (Å²) in [7, 11) is 1.88. The summed E-state index contributed by atoms with van der Waals surface area (Å²) in [6.45, 7) is 2.86. The number of hydrogen-bond acceptors (Lipinski definition) is 3. The van der Waals surface area contributed by atoms with E-state index >= 15 is 0 Å². The van der Waals surface area contributed by atoms with Gasteiger partial charge in [-0.05, 0) is 62.9 Å². The third-order valence-corrected chi connectivity index (χ3v) is 5.05. The summed E-state index contributed by atoms with van der Waals surface area (Å²) in [5.41, 5.74) is 2.51. The van der Waals surface area contributed by atoms with Gasteiger partial charge in [0, 0.05) is 31.3 Å². The van der Waals surface area contributed by atoms with Crippen LogP contribution in [0.15, 0.2) is 30.3 Å². The Labute approximate surface area is 166 Å². The average Bonchev–Trinajstić information content (AvgIpc) is 3.31. The Morgan fingerprint density at radius 1 is 1.37 bits per heavy atom. The molecule has 0 aliphatic carbocycles. The molecular weight excluding hydrogens is 367 g/mol. The van der Waals surface area contributed by atoms with Crippen LogP contribution in [0.1, 0.15) is 31.4 Å². The second-order valence-corrected chi connectivity index (χ2v) is 7.11. The number of benzene rings is 1. The van der Waals surface area contributed by atoms with E-state index in [0.29, 0.717) is 12.3 Å². The second kappa shape index (κ2) is 10.4. The van der Waals surface area contributed by atoms with Crippen molar-refractivity contribution in [1.82, 2.24) is 20.4 Å². The number of rotatable bonds is 8. The van der Waals surface area contributed by atoms with E-state index in [-0.39, 0.29) is 24.1 Å². The molecule has 1 unspecified atom stereocenters. The van der Waals surface area contributed by atoms with E-state index < -0.39 is 0 Å². The fourth-order valence-corrected chi connectivity index (χ4v) is 3.40. The summed E-state index contributed by atoms with van der Waals surface area (Å²) in [6, 6.07) is 8.37. The molecule has 0 spiro atoms. The molecule has 1 amide bonds. The van der Waals surface area contributed by atoms with Crippen molar-refractivity contribution >= 4 is 18.3 Å². The Morgan fingerprint density at radius 2 is 2.22 bits per heavy atom. The van der Waals surface area contributed by atoms with Gasteiger partial charge >= 0.3 is 0 Å². The van der Waals surface area contributed by atoms with Crippen LogP contribution in [0.4, 0.5) is 4.39 Å². The molecule has 27 heavy (non-hydrogen) atoms. The largest absolute Gasteiger partial charge is 0.346 e. The highest BCUT2D eigenvalue weighted by Gasteiger charge is 2.17. The molecule has 1 saturated heterocycles. The lowest BCUT2D eigenvalue weighted by Crippen LogP contribution is -2.28. The monoisotopic (exact) mass is 394 g/mol.